The van der Waals surface area contributed by atoms with E-state index >= 15 is 0 Å². The molecule has 0 fully saturated rings. The Bertz CT molecular complexity index is 608. The molecule has 0 amide bonds. The first kappa shape index (κ1) is 15.0. The van der Waals surface area contributed by atoms with Crippen LogP contribution in [0, 0.1) is 0 Å². The van der Waals surface area contributed by atoms with Gasteiger partial charge in [-0.1, -0.05) is 6.07 Å². The van der Waals surface area contributed by atoms with Gasteiger partial charge in [-0.05, 0) is 53.7 Å². The fourth-order valence-electron chi connectivity index (χ4n) is 2.29. The van der Waals surface area contributed by atoms with Gasteiger partial charge in [0.05, 0.1) is 12.1 Å². The minimum atomic E-state index is -0.301. The standard InChI is InChI=1S/C17H23N3O2/c1-10-16(3,4)21-14(18-10)12-8-7-9-13(20-12)15-19-11(2)17(5,6)22-15/h7-11H,1-6H3/t10-,11-/m0/s1. The molecule has 2 aliphatic heterocycles. The lowest BCUT2D eigenvalue weighted by Gasteiger charge is -2.22. The fraction of sp³-hybridized carbons (Fsp3) is 0.588. The third-order valence-corrected chi connectivity index (χ3v) is 4.54. The zero-order chi connectivity index (χ0) is 16.1. The molecule has 0 aliphatic carbocycles. The van der Waals surface area contributed by atoms with Crippen molar-refractivity contribution in [3.63, 3.8) is 0 Å². The molecule has 2 atom stereocenters. The van der Waals surface area contributed by atoms with Crippen molar-refractivity contribution in [1.82, 2.24) is 4.98 Å². The normalized spacial score (nSPS) is 28.6. The number of nitrogens with zero attached hydrogens (tertiary/aromatic N) is 3. The molecule has 0 unspecified atom stereocenters. The third-order valence-electron chi connectivity index (χ3n) is 4.54. The highest BCUT2D eigenvalue weighted by molar-refractivity contribution is 5.97. The average molecular weight is 301 g/mol. The first-order valence-electron chi connectivity index (χ1n) is 7.70. The minimum absolute atomic E-state index is 0.104. The van der Waals surface area contributed by atoms with Gasteiger partial charge >= 0.3 is 0 Å². The lowest BCUT2D eigenvalue weighted by molar-refractivity contribution is 0.102. The molecule has 1 aromatic rings. The number of aromatic nitrogens is 1. The molecule has 118 valence electrons. The molecule has 0 aromatic carbocycles. The zero-order valence-electron chi connectivity index (χ0n) is 14.0. The van der Waals surface area contributed by atoms with Gasteiger partial charge in [0, 0.05) is 0 Å². The van der Waals surface area contributed by atoms with Crippen LogP contribution in [0.2, 0.25) is 0 Å². The summed E-state index contributed by atoms with van der Waals surface area (Å²) in [5.41, 5.74) is 0.840. The Labute approximate surface area is 131 Å². The predicted molar refractivity (Wildman–Crippen MR) is 86.6 cm³/mol. The van der Waals surface area contributed by atoms with Crippen LogP contribution in [0.15, 0.2) is 28.2 Å². The van der Waals surface area contributed by atoms with Gasteiger partial charge in [-0.3, -0.25) is 0 Å². The number of pyridine rings is 1. The van der Waals surface area contributed by atoms with Crippen LogP contribution >= 0.6 is 0 Å². The molecule has 5 heteroatoms. The van der Waals surface area contributed by atoms with E-state index in [9.17, 15) is 0 Å². The quantitative estimate of drug-likeness (QED) is 0.844. The first-order valence-corrected chi connectivity index (χ1v) is 7.70. The molecule has 0 saturated carbocycles. The van der Waals surface area contributed by atoms with Gasteiger partial charge in [-0.15, -0.1) is 0 Å². The van der Waals surface area contributed by atoms with Crippen LogP contribution in [0.4, 0.5) is 0 Å². The number of hydrogen-bond donors (Lipinski definition) is 0. The van der Waals surface area contributed by atoms with E-state index < -0.39 is 0 Å². The van der Waals surface area contributed by atoms with Crippen LogP contribution in [0.1, 0.15) is 52.9 Å². The Morgan fingerprint density at radius 2 is 1.23 bits per heavy atom. The van der Waals surface area contributed by atoms with Crippen molar-refractivity contribution >= 4 is 11.8 Å². The van der Waals surface area contributed by atoms with Crippen LogP contribution in [0.5, 0.6) is 0 Å². The van der Waals surface area contributed by atoms with Crippen LogP contribution < -0.4 is 0 Å². The van der Waals surface area contributed by atoms with Crippen LogP contribution in [-0.4, -0.2) is 40.1 Å². The highest BCUT2D eigenvalue weighted by Crippen LogP contribution is 2.28. The topological polar surface area (TPSA) is 56.1 Å². The largest absolute Gasteiger partial charge is 0.468 e. The van der Waals surface area contributed by atoms with Crippen molar-refractivity contribution in [3.8, 4) is 0 Å². The number of aliphatic imine (C=N–C) groups is 2. The predicted octanol–water partition coefficient (Wildman–Crippen LogP) is 2.97. The Morgan fingerprint density at radius 1 is 0.818 bits per heavy atom. The van der Waals surface area contributed by atoms with Crippen molar-refractivity contribution < 1.29 is 9.47 Å². The summed E-state index contributed by atoms with van der Waals surface area (Å²) in [7, 11) is 0. The summed E-state index contributed by atoms with van der Waals surface area (Å²) >= 11 is 0. The summed E-state index contributed by atoms with van der Waals surface area (Å²) in [6, 6.07) is 5.95. The van der Waals surface area contributed by atoms with Crippen molar-refractivity contribution in [2.75, 3.05) is 0 Å². The number of ether oxygens (including phenoxy) is 2. The molecule has 3 heterocycles. The fourth-order valence-corrected chi connectivity index (χ4v) is 2.29. The molecule has 0 spiro atoms. The maximum absolute atomic E-state index is 5.93. The molecular weight excluding hydrogens is 278 g/mol. The van der Waals surface area contributed by atoms with E-state index in [0.717, 1.165) is 11.4 Å². The summed E-state index contributed by atoms with van der Waals surface area (Å²) in [6.45, 7) is 12.2. The molecule has 1 aromatic heterocycles. The van der Waals surface area contributed by atoms with E-state index in [4.69, 9.17) is 9.47 Å². The van der Waals surface area contributed by atoms with Crippen LogP contribution in [-0.2, 0) is 9.47 Å². The maximum Gasteiger partial charge on any atom is 0.236 e. The van der Waals surface area contributed by atoms with E-state index in [1.165, 1.54) is 0 Å². The van der Waals surface area contributed by atoms with E-state index in [0.29, 0.717) is 11.8 Å². The van der Waals surface area contributed by atoms with Crippen LogP contribution in [0.3, 0.4) is 0 Å². The van der Waals surface area contributed by atoms with Gasteiger partial charge in [0.2, 0.25) is 11.8 Å². The van der Waals surface area contributed by atoms with Crippen molar-refractivity contribution in [2.24, 2.45) is 9.98 Å². The number of rotatable bonds is 2. The smallest absolute Gasteiger partial charge is 0.236 e. The maximum atomic E-state index is 5.93. The summed E-state index contributed by atoms with van der Waals surface area (Å²) in [5.74, 6) is 1.18. The van der Waals surface area contributed by atoms with E-state index in [2.05, 4.69) is 15.0 Å². The molecule has 2 aliphatic rings. The summed E-state index contributed by atoms with van der Waals surface area (Å²) < 4.78 is 11.9. The molecule has 0 bridgehead atoms. The number of hydrogen-bond acceptors (Lipinski definition) is 5. The second-order valence-electron chi connectivity index (χ2n) is 7.04. The monoisotopic (exact) mass is 301 g/mol. The lowest BCUT2D eigenvalue weighted by Crippen LogP contribution is -2.31. The van der Waals surface area contributed by atoms with Gasteiger partial charge in [-0.25, -0.2) is 15.0 Å². The molecule has 0 saturated heterocycles. The van der Waals surface area contributed by atoms with Crippen molar-refractivity contribution in [1.29, 1.82) is 0 Å². The van der Waals surface area contributed by atoms with Gasteiger partial charge in [0.15, 0.2) is 0 Å². The Hall–Kier alpha value is -1.91. The van der Waals surface area contributed by atoms with E-state index in [1.807, 2.05) is 59.7 Å². The minimum Gasteiger partial charge on any atom is -0.468 e. The van der Waals surface area contributed by atoms with Crippen molar-refractivity contribution in [3.05, 3.63) is 29.6 Å². The Morgan fingerprint density at radius 3 is 1.55 bits per heavy atom. The van der Waals surface area contributed by atoms with Gasteiger partial charge in [-0.2, -0.15) is 0 Å². The molecule has 0 N–H and O–H groups in total. The first-order chi connectivity index (χ1) is 10.2. The van der Waals surface area contributed by atoms with Gasteiger partial charge in [0.1, 0.15) is 22.6 Å². The second-order valence-corrected chi connectivity index (χ2v) is 7.04. The van der Waals surface area contributed by atoms with Crippen LogP contribution in [0.25, 0.3) is 0 Å². The summed E-state index contributed by atoms with van der Waals surface area (Å²) in [6.07, 6.45) is 0. The zero-order valence-corrected chi connectivity index (χ0v) is 14.0. The van der Waals surface area contributed by atoms with E-state index in [1.54, 1.807) is 0 Å². The van der Waals surface area contributed by atoms with Gasteiger partial charge < -0.3 is 9.47 Å². The molecule has 22 heavy (non-hydrogen) atoms. The molecule has 5 nitrogen and oxygen atoms in total. The molecule has 0 radical (unpaired) electrons. The Kier molecular flexibility index (Phi) is 3.27. The van der Waals surface area contributed by atoms with Gasteiger partial charge in [0.25, 0.3) is 0 Å². The average Bonchev–Trinajstić information content (AvgIpc) is 2.87. The summed E-state index contributed by atoms with van der Waals surface area (Å²) in [5, 5.41) is 0. The summed E-state index contributed by atoms with van der Waals surface area (Å²) in [4.78, 5) is 13.8. The van der Waals surface area contributed by atoms with Crippen molar-refractivity contribution in [2.45, 2.75) is 64.8 Å². The lowest BCUT2D eigenvalue weighted by atomic mass is 10.0. The third kappa shape index (κ3) is 2.49. The molecular formula is C17H23N3O2. The SMILES string of the molecule is C[C@@H]1N=C(c2cccc(C3=N[C@@H](C)C(C)(C)O3)n2)OC1(C)C. The Balaban J connectivity index is 1.89. The second kappa shape index (κ2) is 4.80. The van der Waals surface area contributed by atoms with E-state index in [-0.39, 0.29) is 23.3 Å². The highest BCUT2D eigenvalue weighted by atomic mass is 16.5. The highest BCUT2D eigenvalue weighted by Gasteiger charge is 2.38. The molecule has 3 rings (SSSR count).